The molecule has 0 saturated heterocycles. The summed E-state index contributed by atoms with van der Waals surface area (Å²) in [6.07, 6.45) is 9.35. The molecule has 1 saturated carbocycles. The minimum Gasteiger partial charge on any atom is -0.378 e. The summed E-state index contributed by atoms with van der Waals surface area (Å²) in [5.74, 6) is 0. The van der Waals surface area contributed by atoms with Crippen LogP contribution in [0.25, 0.3) is 0 Å². The van der Waals surface area contributed by atoms with E-state index in [2.05, 4.69) is 5.10 Å². The van der Waals surface area contributed by atoms with Gasteiger partial charge < -0.3 is 10.5 Å². The number of aromatic nitrogens is 2. The summed E-state index contributed by atoms with van der Waals surface area (Å²) >= 11 is 0. The highest BCUT2D eigenvalue weighted by Crippen LogP contribution is 2.38. The first-order valence-electron chi connectivity index (χ1n) is 5.92. The third-order valence-electron chi connectivity index (χ3n) is 3.59. The Morgan fingerprint density at radius 3 is 2.81 bits per heavy atom. The molecule has 1 aromatic rings. The van der Waals surface area contributed by atoms with E-state index in [1.165, 1.54) is 12.0 Å². The Labute approximate surface area is 96.8 Å². The van der Waals surface area contributed by atoms with Crippen LogP contribution >= 0.6 is 0 Å². The molecule has 1 fully saturated rings. The van der Waals surface area contributed by atoms with Crippen molar-refractivity contribution in [2.45, 2.75) is 43.7 Å². The van der Waals surface area contributed by atoms with E-state index in [1.54, 1.807) is 7.11 Å². The fourth-order valence-corrected chi connectivity index (χ4v) is 2.49. The predicted molar refractivity (Wildman–Crippen MR) is 63.1 cm³/mol. The standard InChI is InChI=1S/C12H21N3O/c1-15-9-10(8-14-15)6-11(13)7-12(16-2)4-3-5-12/h8-9,11H,3-7,13H2,1-2H3. The number of hydrogen-bond acceptors (Lipinski definition) is 3. The van der Waals surface area contributed by atoms with Crippen LogP contribution in [0, 0.1) is 0 Å². The molecule has 1 atom stereocenters. The summed E-state index contributed by atoms with van der Waals surface area (Å²) in [5, 5.41) is 4.15. The molecule has 0 radical (unpaired) electrons. The Bertz CT molecular complexity index is 338. The lowest BCUT2D eigenvalue weighted by Gasteiger charge is -2.42. The first-order valence-corrected chi connectivity index (χ1v) is 5.92. The van der Waals surface area contributed by atoms with Crippen LogP contribution < -0.4 is 5.73 Å². The van der Waals surface area contributed by atoms with Gasteiger partial charge in [-0.1, -0.05) is 0 Å². The van der Waals surface area contributed by atoms with E-state index in [0.717, 1.165) is 25.7 Å². The van der Waals surface area contributed by atoms with Gasteiger partial charge in [0.2, 0.25) is 0 Å². The topological polar surface area (TPSA) is 53.1 Å². The summed E-state index contributed by atoms with van der Waals surface area (Å²) in [6, 6.07) is 0.171. The minimum absolute atomic E-state index is 0.0711. The molecule has 90 valence electrons. The smallest absolute Gasteiger partial charge is 0.0693 e. The van der Waals surface area contributed by atoms with Crippen LogP contribution in [-0.4, -0.2) is 28.5 Å². The summed E-state index contributed by atoms with van der Waals surface area (Å²) in [7, 11) is 3.73. The van der Waals surface area contributed by atoms with Crippen LogP contribution in [0.4, 0.5) is 0 Å². The maximum Gasteiger partial charge on any atom is 0.0693 e. The number of nitrogens with zero attached hydrogens (tertiary/aromatic N) is 2. The second-order valence-electron chi connectivity index (χ2n) is 4.93. The molecule has 1 heterocycles. The van der Waals surface area contributed by atoms with Crippen LogP contribution in [0.5, 0.6) is 0 Å². The first kappa shape index (κ1) is 11.6. The second kappa shape index (κ2) is 4.55. The van der Waals surface area contributed by atoms with Gasteiger partial charge in [-0.05, 0) is 37.7 Å². The number of ether oxygens (including phenoxy) is 1. The van der Waals surface area contributed by atoms with E-state index in [1.807, 2.05) is 24.1 Å². The Morgan fingerprint density at radius 1 is 1.62 bits per heavy atom. The van der Waals surface area contributed by atoms with E-state index >= 15 is 0 Å². The molecule has 1 aliphatic rings. The number of aryl methyl sites for hydroxylation is 1. The monoisotopic (exact) mass is 223 g/mol. The molecule has 2 N–H and O–H groups in total. The Hall–Kier alpha value is -0.870. The molecule has 1 aliphatic carbocycles. The van der Waals surface area contributed by atoms with Gasteiger partial charge in [0.15, 0.2) is 0 Å². The van der Waals surface area contributed by atoms with E-state index in [4.69, 9.17) is 10.5 Å². The van der Waals surface area contributed by atoms with Gasteiger partial charge in [-0.25, -0.2) is 0 Å². The van der Waals surface area contributed by atoms with Crippen LogP contribution in [0.3, 0.4) is 0 Å². The van der Waals surface area contributed by atoms with Gasteiger partial charge in [0.05, 0.1) is 11.8 Å². The molecular weight excluding hydrogens is 202 g/mol. The number of hydrogen-bond donors (Lipinski definition) is 1. The van der Waals surface area contributed by atoms with E-state index in [0.29, 0.717) is 0 Å². The average Bonchev–Trinajstić information content (AvgIpc) is 2.57. The van der Waals surface area contributed by atoms with Crippen LogP contribution in [0.15, 0.2) is 12.4 Å². The van der Waals surface area contributed by atoms with Crippen LogP contribution in [0.2, 0.25) is 0 Å². The van der Waals surface area contributed by atoms with Crippen molar-refractivity contribution in [2.24, 2.45) is 12.8 Å². The normalized spacial score (nSPS) is 20.4. The van der Waals surface area contributed by atoms with Crippen molar-refractivity contribution in [1.82, 2.24) is 9.78 Å². The fourth-order valence-electron chi connectivity index (χ4n) is 2.49. The van der Waals surface area contributed by atoms with E-state index in [-0.39, 0.29) is 11.6 Å². The summed E-state index contributed by atoms with van der Waals surface area (Å²) in [6.45, 7) is 0. The molecule has 0 aliphatic heterocycles. The van der Waals surface area contributed by atoms with Crippen molar-refractivity contribution in [3.63, 3.8) is 0 Å². The highest BCUT2D eigenvalue weighted by molar-refractivity contribution is 5.07. The van der Waals surface area contributed by atoms with Gasteiger partial charge in [0, 0.05) is 26.4 Å². The van der Waals surface area contributed by atoms with Crippen molar-refractivity contribution in [2.75, 3.05) is 7.11 Å². The lowest BCUT2D eigenvalue weighted by molar-refractivity contribution is -0.0813. The molecule has 2 rings (SSSR count). The van der Waals surface area contributed by atoms with E-state index in [9.17, 15) is 0 Å². The van der Waals surface area contributed by atoms with Crippen molar-refractivity contribution in [3.05, 3.63) is 18.0 Å². The highest BCUT2D eigenvalue weighted by atomic mass is 16.5. The van der Waals surface area contributed by atoms with Crippen molar-refractivity contribution >= 4 is 0 Å². The summed E-state index contributed by atoms with van der Waals surface area (Å²) in [4.78, 5) is 0. The zero-order valence-electron chi connectivity index (χ0n) is 10.1. The van der Waals surface area contributed by atoms with Gasteiger partial charge in [0.25, 0.3) is 0 Å². The zero-order valence-corrected chi connectivity index (χ0v) is 10.1. The molecule has 1 unspecified atom stereocenters. The summed E-state index contributed by atoms with van der Waals surface area (Å²) in [5.41, 5.74) is 7.45. The molecule has 0 spiro atoms. The molecule has 0 bridgehead atoms. The van der Waals surface area contributed by atoms with Crippen LogP contribution in [-0.2, 0) is 18.2 Å². The quantitative estimate of drug-likeness (QED) is 0.817. The lowest BCUT2D eigenvalue weighted by atomic mass is 9.75. The van der Waals surface area contributed by atoms with Gasteiger partial charge in [-0.2, -0.15) is 5.10 Å². The molecule has 4 nitrogen and oxygen atoms in total. The molecule has 0 aromatic carbocycles. The Morgan fingerprint density at radius 2 is 2.38 bits per heavy atom. The van der Waals surface area contributed by atoms with Crippen molar-refractivity contribution < 1.29 is 4.74 Å². The highest BCUT2D eigenvalue weighted by Gasteiger charge is 2.38. The maximum atomic E-state index is 6.17. The molecule has 1 aromatic heterocycles. The second-order valence-corrected chi connectivity index (χ2v) is 4.93. The maximum absolute atomic E-state index is 6.17. The molecule has 0 amide bonds. The zero-order chi connectivity index (χ0) is 11.6. The fraction of sp³-hybridized carbons (Fsp3) is 0.750. The minimum atomic E-state index is 0.0711. The van der Waals surface area contributed by atoms with Crippen molar-refractivity contribution in [3.8, 4) is 0 Å². The number of nitrogens with two attached hydrogens (primary N) is 1. The summed E-state index contributed by atoms with van der Waals surface area (Å²) < 4.78 is 7.40. The Kier molecular flexibility index (Phi) is 3.30. The molecule has 4 heteroatoms. The average molecular weight is 223 g/mol. The lowest BCUT2D eigenvalue weighted by Crippen LogP contribution is -2.44. The molecular formula is C12H21N3O. The van der Waals surface area contributed by atoms with Gasteiger partial charge in [-0.15, -0.1) is 0 Å². The van der Waals surface area contributed by atoms with Gasteiger partial charge in [0.1, 0.15) is 0 Å². The van der Waals surface area contributed by atoms with Gasteiger partial charge in [-0.3, -0.25) is 4.68 Å². The van der Waals surface area contributed by atoms with Crippen LogP contribution in [0.1, 0.15) is 31.2 Å². The molecule has 16 heavy (non-hydrogen) atoms. The Balaban J connectivity index is 1.86. The number of methoxy groups -OCH3 is 1. The largest absolute Gasteiger partial charge is 0.378 e. The number of rotatable bonds is 5. The predicted octanol–water partition coefficient (Wildman–Crippen LogP) is 1.25. The van der Waals surface area contributed by atoms with Gasteiger partial charge >= 0.3 is 0 Å². The third kappa shape index (κ3) is 2.44. The SMILES string of the molecule is COC1(CC(N)Cc2cnn(C)c2)CCC1. The van der Waals surface area contributed by atoms with E-state index < -0.39 is 0 Å². The first-order chi connectivity index (χ1) is 7.63. The third-order valence-corrected chi connectivity index (χ3v) is 3.59. The van der Waals surface area contributed by atoms with Crippen molar-refractivity contribution in [1.29, 1.82) is 0 Å².